The molecule has 0 atom stereocenters. The minimum absolute atomic E-state index is 0.108. The minimum Gasteiger partial charge on any atom is -0.483 e. The molecule has 0 saturated carbocycles. The van der Waals surface area contributed by atoms with Gasteiger partial charge in [-0.05, 0) is 36.2 Å². The van der Waals surface area contributed by atoms with Crippen molar-refractivity contribution in [1.29, 1.82) is 0 Å². The highest BCUT2D eigenvalue weighted by Crippen LogP contribution is 2.21. The molecule has 0 aliphatic carbocycles. The summed E-state index contributed by atoms with van der Waals surface area (Å²) in [6, 6.07) is 12.5. The monoisotopic (exact) mass is 336 g/mol. The topological polar surface area (TPSA) is 50.7 Å². The summed E-state index contributed by atoms with van der Waals surface area (Å²) in [6.07, 6.45) is 1.48. The Kier molecular flexibility index (Phi) is 5.81. The Morgan fingerprint density at radius 3 is 2.73 bits per heavy atom. The lowest BCUT2D eigenvalue weighted by atomic mass is 10.2. The fourth-order valence-electron chi connectivity index (χ4n) is 1.67. The lowest BCUT2D eigenvalue weighted by Crippen LogP contribution is -2.24. The molecule has 1 amide bonds. The van der Waals surface area contributed by atoms with Gasteiger partial charge in [-0.25, -0.2) is 5.43 Å². The average molecular weight is 337 g/mol. The maximum Gasteiger partial charge on any atom is 0.277 e. The zero-order valence-electron chi connectivity index (χ0n) is 11.8. The Labute approximate surface area is 138 Å². The lowest BCUT2D eigenvalue weighted by Gasteiger charge is -2.07. The van der Waals surface area contributed by atoms with Crippen molar-refractivity contribution in [2.75, 3.05) is 6.61 Å². The normalized spacial score (nSPS) is 10.7. The first-order chi connectivity index (χ1) is 10.6. The number of aryl methyl sites for hydroxylation is 1. The van der Waals surface area contributed by atoms with Crippen LogP contribution in [-0.4, -0.2) is 18.7 Å². The first-order valence-corrected chi connectivity index (χ1v) is 7.27. The van der Waals surface area contributed by atoms with Crippen LogP contribution < -0.4 is 10.2 Å². The van der Waals surface area contributed by atoms with Crippen LogP contribution >= 0.6 is 23.2 Å². The second-order valence-corrected chi connectivity index (χ2v) is 5.34. The number of rotatable bonds is 5. The summed E-state index contributed by atoms with van der Waals surface area (Å²) in [6.45, 7) is 1.80. The van der Waals surface area contributed by atoms with Crippen molar-refractivity contribution in [1.82, 2.24) is 5.43 Å². The number of hydrazone groups is 1. The Morgan fingerprint density at radius 1 is 1.23 bits per heavy atom. The number of amides is 1. The molecule has 0 aliphatic heterocycles. The van der Waals surface area contributed by atoms with Crippen LogP contribution in [0.15, 0.2) is 47.6 Å². The quantitative estimate of drug-likeness (QED) is 0.666. The SMILES string of the molecule is Cc1ccccc1OCC(=O)N/N=C\c1ccc(Cl)c(Cl)c1. The van der Waals surface area contributed by atoms with Crippen molar-refractivity contribution in [2.45, 2.75) is 6.92 Å². The van der Waals surface area contributed by atoms with Gasteiger partial charge in [-0.15, -0.1) is 0 Å². The highest BCUT2D eigenvalue weighted by molar-refractivity contribution is 6.42. The smallest absolute Gasteiger partial charge is 0.277 e. The summed E-state index contributed by atoms with van der Waals surface area (Å²) in [5.74, 6) is 0.325. The average Bonchev–Trinajstić information content (AvgIpc) is 2.50. The molecule has 2 aromatic rings. The van der Waals surface area contributed by atoms with Crippen LogP contribution in [0, 0.1) is 6.92 Å². The molecule has 0 aliphatic rings. The summed E-state index contributed by atoms with van der Waals surface area (Å²) in [5.41, 5.74) is 4.08. The molecule has 2 rings (SSSR count). The van der Waals surface area contributed by atoms with Crippen molar-refractivity contribution in [2.24, 2.45) is 5.10 Å². The second kappa shape index (κ2) is 7.82. The Bertz CT molecular complexity index is 702. The van der Waals surface area contributed by atoms with E-state index < -0.39 is 0 Å². The van der Waals surface area contributed by atoms with Gasteiger partial charge < -0.3 is 4.74 Å². The van der Waals surface area contributed by atoms with E-state index in [1.807, 2.05) is 31.2 Å². The van der Waals surface area contributed by atoms with Crippen LogP contribution in [-0.2, 0) is 4.79 Å². The van der Waals surface area contributed by atoms with Gasteiger partial charge in [0.15, 0.2) is 6.61 Å². The standard InChI is InChI=1S/C16H14Cl2N2O2/c1-11-4-2-3-5-15(11)22-10-16(21)20-19-9-12-6-7-13(17)14(18)8-12/h2-9H,10H2,1H3,(H,20,21)/b19-9-. The molecule has 4 nitrogen and oxygen atoms in total. The number of benzene rings is 2. The number of nitrogens with one attached hydrogen (secondary N) is 1. The fraction of sp³-hybridized carbons (Fsp3) is 0.125. The third kappa shape index (κ3) is 4.76. The number of ether oxygens (including phenoxy) is 1. The van der Waals surface area contributed by atoms with Gasteiger partial charge in [0, 0.05) is 0 Å². The van der Waals surface area contributed by atoms with Gasteiger partial charge in [0.2, 0.25) is 0 Å². The van der Waals surface area contributed by atoms with Crippen molar-refractivity contribution in [3.8, 4) is 5.75 Å². The molecule has 114 valence electrons. The molecule has 0 saturated heterocycles. The molecule has 0 aromatic heterocycles. The molecular weight excluding hydrogens is 323 g/mol. The van der Waals surface area contributed by atoms with Gasteiger partial charge in [-0.2, -0.15) is 5.10 Å². The summed E-state index contributed by atoms with van der Waals surface area (Å²) in [7, 11) is 0. The predicted octanol–water partition coefficient (Wildman–Crippen LogP) is 3.83. The van der Waals surface area contributed by atoms with Crippen LogP contribution in [0.3, 0.4) is 0 Å². The van der Waals surface area contributed by atoms with Gasteiger partial charge in [0.1, 0.15) is 5.75 Å². The Balaban J connectivity index is 1.83. The molecule has 2 aromatic carbocycles. The Morgan fingerprint density at radius 2 is 2.00 bits per heavy atom. The molecule has 0 bridgehead atoms. The lowest BCUT2D eigenvalue weighted by molar-refractivity contribution is -0.123. The molecular formula is C16H14Cl2N2O2. The first kappa shape index (κ1) is 16.3. The second-order valence-electron chi connectivity index (χ2n) is 4.52. The van der Waals surface area contributed by atoms with E-state index in [1.165, 1.54) is 6.21 Å². The van der Waals surface area contributed by atoms with Crippen LogP contribution in [0.2, 0.25) is 10.0 Å². The number of hydrogen-bond donors (Lipinski definition) is 1. The van der Waals surface area contributed by atoms with Crippen LogP contribution in [0.5, 0.6) is 5.75 Å². The molecule has 6 heteroatoms. The molecule has 0 fully saturated rings. The number of nitrogens with zero attached hydrogens (tertiary/aromatic N) is 1. The summed E-state index contributed by atoms with van der Waals surface area (Å²) < 4.78 is 5.41. The molecule has 0 spiro atoms. The largest absolute Gasteiger partial charge is 0.483 e. The Hall–Kier alpha value is -2.04. The number of carbonyl (C=O) groups is 1. The summed E-state index contributed by atoms with van der Waals surface area (Å²) >= 11 is 11.7. The molecule has 0 heterocycles. The minimum atomic E-state index is -0.348. The zero-order chi connectivity index (χ0) is 15.9. The zero-order valence-corrected chi connectivity index (χ0v) is 13.4. The highest BCUT2D eigenvalue weighted by Gasteiger charge is 2.03. The van der Waals surface area contributed by atoms with Crippen molar-refractivity contribution < 1.29 is 9.53 Å². The van der Waals surface area contributed by atoms with E-state index in [-0.39, 0.29) is 12.5 Å². The van der Waals surface area contributed by atoms with E-state index in [1.54, 1.807) is 18.2 Å². The molecule has 0 radical (unpaired) electrons. The molecule has 0 unspecified atom stereocenters. The number of carbonyl (C=O) groups excluding carboxylic acids is 1. The van der Waals surface area contributed by atoms with Crippen LogP contribution in [0.1, 0.15) is 11.1 Å². The van der Waals surface area contributed by atoms with E-state index in [0.29, 0.717) is 15.8 Å². The third-order valence-electron chi connectivity index (χ3n) is 2.80. The predicted molar refractivity (Wildman–Crippen MR) is 88.9 cm³/mol. The van der Waals surface area contributed by atoms with E-state index >= 15 is 0 Å². The fourth-order valence-corrected chi connectivity index (χ4v) is 1.97. The van der Waals surface area contributed by atoms with Crippen molar-refractivity contribution >= 4 is 35.3 Å². The molecule has 22 heavy (non-hydrogen) atoms. The van der Waals surface area contributed by atoms with E-state index in [0.717, 1.165) is 11.1 Å². The number of halogens is 2. The van der Waals surface area contributed by atoms with Gasteiger partial charge >= 0.3 is 0 Å². The van der Waals surface area contributed by atoms with Crippen molar-refractivity contribution in [3.63, 3.8) is 0 Å². The number of para-hydroxylation sites is 1. The summed E-state index contributed by atoms with van der Waals surface area (Å²) in [5, 5.41) is 4.74. The highest BCUT2D eigenvalue weighted by atomic mass is 35.5. The third-order valence-corrected chi connectivity index (χ3v) is 3.54. The van der Waals surface area contributed by atoms with Crippen LogP contribution in [0.25, 0.3) is 0 Å². The van der Waals surface area contributed by atoms with Gasteiger partial charge in [0.25, 0.3) is 5.91 Å². The number of hydrogen-bond acceptors (Lipinski definition) is 3. The van der Waals surface area contributed by atoms with Crippen molar-refractivity contribution in [3.05, 3.63) is 63.6 Å². The van der Waals surface area contributed by atoms with Gasteiger partial charge in [-0.3, -0.25) is 4.79 Å². The maximum atomic E-state index is 11.6. The first-order valence-electron chi connectivity index (χ1n) is 6.51. The van der Waals surface area contributed by atoms with Gasteiger partial charge in [-0.1, -0.05) is 47.5 Å². The maximum absolute atomic E-state index is 11.6. The molecule has 1 N–H and O–H groups in total. The van der Waals surface area contributed by atoms with E-state index in [2.05, 4.69) is 10.5 Å². The van der Waals surface area contributed by atoms with Crippen LogP contribution in [0.4, 0.5) is 0 Å². The van der Waals surface area contributed by atoms with Gasteiger partial charge in [0.05, 0.1) is 16.3 Å². The van der Waals surface area contributed by atoms with E-state index in [9.17, 15) is 4.79 Å². The van der Waals surface area contributed by atoms with E-state index in [4.69, 9.17) is 27.9 Å². The summed E-state index contributed by atoms with van der Waals surface area (Å²) in [4.78, 5) is 11.6.